The first-order chi connectivity index (χ1) is 13.6. The van der Waals surface area contributed by atoms with Gasteiger partial charge in [-0.2, -0.15) is 4.98 Å². The number of alkyl halides is 3. The maximum absolute atomic E-state index is 12.2. The van der Waals surface area contributed by atoms with Crippen LogP contribution in [0.4, 0.5) is 13.2 Å². The normalized spacial score (nSPS) is 20.9. The molecule has 29 heavy (non-hydrogen) atoms. The van der Waals surface area contributed by atoms with Crippen molar-refractivity contribution < 1.29 is 30.8 Å². The molecule has 0 saturated carbocycles. The Bertz CT molecular complexity index is 931. The molecule has 1 aliphatic heterocycles. The summed E-state index contributed by atoms with van der Waals surface area (Å²) >= 11 is 0. The Kier molecular flexibility index (Phi) is 6.15. The molecule has 1 aliphatic rings. The van der Waals surface area contributed by atoms with Gasteiger partial charge in [0, 0.05) is 18.2 Å². The highest BCUT2D eigenvalue weighted by molar-refractivity contribution is 7.89. The van der Waals surface area contributed by atoms with Gasteiger partial charge in [-0.05, 0) is 44.2 Å². The first kappa shape index (κ1) is 21.5. The number of benzene rings is 1. The second-order valence-corrected chi connectivity index (χ2v) is 8.73. The van der Waals surface area contributed by atoms with E-state index in [-0.39, 0.29) is 29.4 Å². The molecular formula is C17H21F3N4O4S. The molecule has 12 heteroatoms. The number of sulfonamides is 1. The third kappa shape index (κ3) is 5.67. The zero-order chi connectivity index (χ0) is 21.2. The molecular weight excluding hydrogens is 413 g/mol. The molecule has 1 N–H and O–H groups in total. The quantitative estimate of drug-likeness (QED) is 0.716. The lowest BCUT2D eigenvalue weighted by atomic mass is 10.2. The summed E-state index contributed by atoms with van der Waals surface area (Å²) in [6.45, 7) is 2.29. The summed E-state index contributed by atoms with van der Waals surface area (Å²) in [6, 6.07) is 4.60. The van der Waals surface area contributed by atoms with Crippen LogP contribution in [0.5, 0.6) is 5.75 Å². The van der Waals surface area contributed by atoms with Gasteiger partial charge in [0.25, 0.3) is 0 Å². The molecule has 0 aliphatic carbocycles. The molecule has 1 aromatic heterocycles. The lowest BCUT2D eigenvalue weighted by Crippen LogP contribution is -2.37. The van der Waals surface area contributed by atoms with Crippen molar-refractivity contribution in [3.8, 4) is 17.1 Å². The third-order valence-corrected chi connectivity index (χ3v) is 6.08. The first-order valence-corrected chi connectivity index (χ1v) is 10.6. The highest BCUT2D eigenvalue weighted by Gasteiger charge is 2.36. The van der Waals surface area contributed by atoms with Crippen molar-refractivity contribution in [2.24, 2.45) is 0 Å². The SMILES string of the molecule is CCCS(=O)(=O)N[C@H]1C[C@@H](c2nc(-c3ccc(OC(F)(F)F)cc3)no2)N(C)C1. The largest absolute Gasteiger partial charge is 0.573 e. The minimum Gasteiger partial charge on any atom is -0.406 e. The highest BCUT2D eigenvalue weighted by atomic mass is 32.2. The van der Waals surface area contributed by atoms with E-state index in [1.54, 1.807) is 6.92 Å². The molecule has 0 unspecified atom stereocenters. The molecule has 1 saturated heterocycles. The van der Waals surface area contributed by atoms with Gasteiger partial charge < -0.3 is 9.26 Å². The van der Waals surface area contributed by atoms with Gasteiger partial charge in [-0.15, -0.1) is 13.2 Å². The van der Waals surface area contributed by atoms with Crippen molar-refractivity contribution >= 4 is 10.0 Å². The second-order valence-electron chi connectivity index (χ2n) is 6.85. The fourth-order valence-electron chi connectivity index (χ4n) is 3.25. The van der Waals surface area contributed by atoms with E-state index >= 15 is 0 Å². The number of likely N-dealkylation sites (N-methyl/N-ethyl adjacent to an activating group) is 1. The lowest BCUT2D eigenvalue weighted by molar-refractivity contribution is -0.274. The predicted octanol–water partition coefficient (Wildman–Crippen LogP) is 2.71. The summed E-state index contributed by atoms with van der Waals surface area (Å²) in [5, 5.41) is 3.88. The predicted molar refractivity (Wildman–Crippen MR) is 97.4 cm³/mol. The Morgan fingerprint density at radius 3 is 2.62 bits per heavy atom. The minimum atomic E-state index is -4.76. The van der Waals surface area contributed by atoms with Crippen LogP contribution in [0.15, 0.2) is 28.8 Å². The van der Waals surface area contributed by atoms with Gasteiger partial charge in [-0.3, -0.25) is 4.90 Å². The fourth-order valence-corrected chi connectivity index (χ4v) is 4.58. The smallest absolute Gasteiger partial charge is 0.406 e. The summed E-state index contributed by atoms with van der Waals surface area (Å²) in [4.78, 5) is 6.24. The van der Waals surface area contributed by atoms with E-state index in [0.717, 1.165) is 0 Å². The summed E-state index contributed by atoms with van der Waals surface area (Å²) in [6.07, 6.45) is -3.76. The number of aromatic nitrogens is 2. The molecule has 1 fully saturated rings. The monoisotopic (exact) mass is 434 g/mol. The van der Waals surface area contributed by atoms with Gasteiger partial charge in [0.2, 0.25) is 21.7 Å². The van der Waals surface area contributed by atoms with Crippen LogP contribution in [0.2, 0.25) is 0 Å². The van der Waals surface area contributed by atoms with E-state index in [1.807, 2.05) is 11.9 Å². The standard InChI is InChI=1S/C17H21F3N4O4S/c1-3-8-29(25,26)23-12-9-14(24(2)10-12)16-21-15(22-28-16)11-4-6-13(7-5-11)27-17(18,19)20/h4-7,12,14,23H,3,8-10H2,1-2H3/t12-,14-/m0/s1. The van der Waals surface area contributed by atoms with E-state index in [0.29, 0.717) is 30.8 Å². The van der Waals surface area contributed by atoms with Crippen LogP contribution in [0.25, 0.3) is 11.4 Å². The summed E-state index contributed by atoms with van der Waals surface area (Å²) in [5.74, 6) is 0.261. The molecule has 0 radical (unpaired) electrons. The van der Waals surface area contributed by atoms with Crippen molar-refractivity contribution in [1.29, 1.82) is 0 Å². The Morgan fingerprint density at radius 2 is 2.00 bits per heavy atom. The molecule has 2 atom stereocenters. The zero-order valence-electron chi connectivity index (χ0n) is 15.8. The summed E-state index contributed by atoms with van der Waals surface area (Å²) in [7, 11) is -1.51. The average molecular weight is 434 g/mol. The van der Waals surface area contributed by atoms with Gasteiger partial charge in [0.15, 0.2) is 0 Å². The van der Waals surface area contributed by atoms with Crippen molar-refractivity contribution in [2.75, 3.05) is 19.3 Å². The van der Waals surface area contributed by atoms with Crippen LogP contribution < -0.4 is 9.46 Å². The first-order valence-electron chi connectivity index (χ1n) is 8.96. The lowest BCUT2D eigenvalue weighted by Gasteiger charge is -2.14. The highest BCUT2D eigenvalue weighted by Crippen LogP contribution is 2.32. The van der Waals surface area contributed by atoms with Gasteiger partial charge >= 0.3 is 6.36 Å². The van der Waals surface area contributed by atoms with Crippen molar-refractivity contribution in [2.45, 2.75) is 38.2 Å². The molecule has 2 heterocycles. The summed E-state index contributed by atoms with van der Waals surface area (Å²) < 4.78 is 72.5. The molecule has 0 bridgehead atoms. The molecule has 2 aromatic rings. The maximum atomic E-state index is 12.2. The van der Waals surface area contributed by atoms with Gasteiger partial charge in [-0.25, -0.2) is 13.1 Å². The van der Waals surface area contributed by atoms with Crippen LogP contribution in [-0.2, 0) is 10.0 Å². The number of nitrogens with zero attached hydrogens (tertiary/aromatic N) is 3. The molecule has 0 spiro atoms. The summed E-state index contributed by atoms with van der Waals surface area (Å²) in [5.41, 5.74) is 0.468. The number of ether oxygens (including phenoxy) is 1. The Hall–Kier alpha value is -2.18. The van der Waals surface area contributed by atoms with Gasteiger partial charge in [0.05, 0.1) is 11.8 Å². The second kappa shape index (κ2) is 8.28. The Morgan fingerprint density at radius 1 is 1.31 bits per heavy atom. The van der Waals surface area contributed by atoms with E-state index < -0.39 is 16.4 Å². The van der Waals surface area contributed by atoms with Crippen LogP contribution in [-0.4, -0.2) is 55.2 Å². The van der Waals surface area contributed by atoms with Gasteiger partial charge in [0.1, 0.15) is 5.75 Å². The molecule has 8 nitrogen and oxygen atoms in total. The topological polar surface area (TPSA) is 97.6 Å². The molecule has 1 aromatic carbocycles. The van der Waals surface area contributed by atoms with E-state index in [2.05, 4.69) is 19.6 Å². The fraction of sp³-hybridized carbons (Fsp3) is 0.529. The van der Waals surface area contributed by atoms with E-state index in [4.69, 9.17) is 4.52 Å². The number of halogens is 3. The van der Waals surface area contributed by atoms with Gasteiger partial charge in [-0.1, -0.05) is 12.1 Å². The average Bonchev–Trinajstić information content (AvgIpc) is 3.20. The van der Waals surface area contributed by atoms with Crippen molar-refractivity contribution in [3.63, 3.8) is 0 Å². The van der Waals surface area contributed by atoms with Crippen molar-refractivity contribution in [3.05, 3.63) is 30.2 Å². The number of rotatable bonds is 7. The number of likely N-dealkylation sites (tertiary alicyclic amines) is 1. The molecule has 3 rings (SSSR count). The molecule has 0 amide bonds. The number of hydrogen-bond donors (Lipinski definition) is 1. The zero-order valence-corrected chi connectivity index (χ0v) is 16.6. The van der Waals surface area contributed by atoms with Crippen LogP contribution in [0.3, 0.4) is 0 Å². The third-order valence-electron chi connectivity index (χ3n) is 4.44. The van der Waals surface area contributed by atoms with Crippen LogP contribution >= 0.6 is 0 Å². The maximum Gasteiger partial charge on any atom is 0.573 e. The minimum absolute atomic E-state index is 0.0661. The number of nitrogens with one attached hydrogen (secondary N) is 1. The Balaban J connectivity index is 1.68. The number of hydrogen-bond acceptors (Lipinski definition) is 7. The van der Waals surface area contributed by atoms with E-state index in [1.165, 1.54) is 24.3 Å². The van der Waals surface area contributed by atoms with Crippen molar-refractivity contribution in [1.82, 2.24) is 19.8 Å². The Labute approximate surface area is 166 Å². The molecule has 160 valence electrons. The van der Waals surface area contributed by atoms with Crippen LogP contribution in [0.1, 0.15) is 31.7 Å². The van der Waals surface area contributed by atoms with E-state index in [9.17, 15) is 21.6 Å². The van der Waals surface area contributed by atoms with Crippen LogP contribution in [0, 0.1) is 0 Å².